The van der Waals surface area contributed by atoms with Crippen molar-refractivity contribution in [2.45, 2.75) is 19.0 Å². The Kier molecular flexibility index (Phi) is 8.75. The Morgan fingerprint density at radius 1 is 0.950 bits per heavy atom. The van der Waals surface area contributed by atoms with E-state index in [4.69, 9.17) is 14.5 Å². The summed E-state index contributed by atoms with van der Waals surface area (Å²) in [6.07, 6.45) is 0.838. The van der Waals surface area contributed by atoms with Crippen LogP contribution in [0.3, 0.4) is 0 Å². The lowest BCUT2D eigenvalue weighted by Crippen LogP contribution is -2.53. The number of carbonyl (C=O) groups is 2. The van der Waals surface area contributed by atoms with Gasteiger partial charge in [-0.2, -0.15) is 0 Å². The molecule has 5 rings (SSSR count). The molecule has 3 amide bonds. The molecule has 8 nitrogen and oxygen atoms in total. The van der Waals surface area contributed by atoms with Gasteiger partial charge in [0.05, 0.1) is 25.3 Å². The standard InChI is InChI=1S/C30H30Br2N4O4/c1-3-40-26-18-24(39-2)12-13-25(26)29-33-27(20-4-8-22(31)9-5-20)28(21-6-10-23(32)11-7-21)36(29)30(38)35-16-14-34(19-37)15-17-35/h4-13,18-19,27-28H,3,14-17H2,1-2H3. The number of hydrogen-bond donors (Lipinski definition) is 0. The van der Waals surface area contributed by atoms with Gasteiger partial charge in [-0.15, -0.1) is 0 Å². The molecular formula is C30H30Br2N4O4. The van der Waals surface area contributed by atoms with E-state index in [1.807, 2.05) is 73.7 Å². The second-order valence-electron chi connectivity index (χ2n) is 9.52. The van der Waals surface area contributed by atoms with Crippen molar-refractivity contribution in [2.24, 2.45) is 4.99 Å². The predicted octanol–water partition coefficient (Wildman–Crippen LogP) is 6.06. The van der Waals surface area contributed by atoms with Crippen LogP contribution in [-0.4, -0.2) is 72.9 Å². The van der Waals surface area contributed by atoms with E-state index < -0.39 is 6.04 Å². The summed E-state index contributed by atoms with van der Waals surface area (Å²) in [6, 6.07) is 20.7. The summed E-state index contributed by atoms with van der Waals surface area (Å²) in [5.74, 6) is 1.78. The third-order valence-electron chi connectivity index (χ3n) is 7.16. The molecule has 0 aromatic heterocycles. The zero-order valence-electron chi connectivity index (χ0n) is 22.3. The monoisotopic (exact) mass is 668 g/mol. The molecule has 0 saturated carbocycles. The van der Waals surface area contributed by atoms with Gasteiger partial charge < -0.3 is 19.3 Å². The molecule has 0 N–H and O–H groups in total. The first kappa shape index (κ1) is 28.2. The van der Waals surface area contributed by atoms with Gasteiger partial charge in [0, 0.05) is 41.2 Å². The number of rotatable bonds is 7. The molecule has 0 bridgehead atoms. The molecule has 1 saturated heterocycles. The molecule has 10 heteroatoms. The predicted molar refractivity (Wildman–Crippen MR) is 161 cm³/mol. The maximum atomic E-state index is 14.4. The molecule has 2 aliphatic heterocycles. The van der Waals surface area contributed by atoms with Gasteiger partial charge in [0.1, 0.15) is 23.4 Å². The maximum absolute atomic E-state index is 14.4. The smallest absolute Gasteiger partial charge is 0.326 e. The molecule has 3 aromatic carbocycles. The van der Waals surface area contributed by atoms with Crippen LogP contribution < -0.4 is 9.47 Å². The van der Waals surface area contributed by atoms with Gasteiger partial charge in [-0.3, -0.25) is 14.7 Å². The van der Waals surface area contributed by atoms with E-state index in [1.165, 1.54) is 0 Å². The minimum absolute atomic E-state index is 0.157. The Balaban J connectivity index is 1.67. The molecule has 208 valence electrons. The van der Waals surface area contributed by atoms with Gasteiger partial charge >= 0.3 is 6.03 Å². The minimum atomic E-state index is -0.405. The SMILES string of the molecule is CCOc1cc(OC)ccc1C1=NC(c2ccc(Br)cc2)C(c2ccc(Br)cc2)N1C(=O)N1CCN(C=O)CC1. The number of piperazine rings is 1. The van der Waals surface area contributed by atoms with Crippen molar-refractivity contribution < 1.29 is 19.1 Å². The summed E-state index contributed by atoms with van der Waals surface area (Å²) < 4.78 is 13.4. The highest BCUT2D eigenvalue weighted by Gasteiger charge is 2.45. The summed E-state index contributed by atoms with van der Waals surface area (Å²) in [5.41, 5.74) is 2.66. The van der Waals surface area contributed by atoms with Gasteiger partial charge in [0.2, 0.25) is 6.41 Å². The fourth-order valence-electron chi connectivity index (χ4n) is 5.11. The summed E-state index contributed by atoms with van der Waals surface area (Å²) in [4.78, 5) is 36.3. The summed E-state index contributed by atoms with van der Waals surface area (Å²) >= 11 is 7.09. The lowest BCUT2D eigenvalue weighted by Gasteiger charge is -2.38. The number of carbonyl (C=O) groups excluding carboxylic acids is 2. The quantitative estimate of drug-likeness (QED) is 0.287. The van der Waals surface area contributed by atoms with E-state index >= 15 is 0 Å². The first-order chi connectivity index (χ1) is 19.4. The molecule has 3 aromatic rings. The molecule has 2 atom stereocenters. The number of amidine groups is 1. The number of hydrogen-bond acceptors (Lipinski definition) is 5. The number of benzene rings is 3. The first-order valence-electron chi connectivity index (χ1n) is 13.1. The molecule has 0 radical (unpaired) electrons. The van der Waals surface area contributed by atoms with Crippen molar-refractivity contribution in [3.8, 4) is 11.5 Å². The van der Waals surface area contributed by atoms with Gasteiger partial charge in [-0.05, 0) is 54.4 Å². The van der Waals surface area contributed by atoms with Crippen molar-refractivity contribution in [3.63, 3.8) is 0 Å². The van der Waals surface area contributed by atoms with Crippen LogP contribution in [0.4, 0.5) is 4.79 Å². The second kappa shape index (κ2) is 12.4. The van der Waals surface area contributed by atoms with Crippen LogP contribution >= 0.6 is 31.9 Å². The number of halogens is 2. The largest absolute Gasteiger partial charge is 0.497 e. The average molecular weight is 670 g/mol. The third kappa shape index (κ3) is 5.74. The molecule has 2 aliphatic rings. The Labute approximate surface area is 250 Å². The zero-order chi connectivity index (χ0) is 28.2. The van der Waals surface area contributed by atoms with Crippen molar-refractivity contribution in [3.05, 3.63) is 92.4 Å². The van der Waals surface area contributed by atoms with Crippen LogP contribution in [0.15, 0.2) is 80.7 Å². The minimum Gasteiger partial charge on any atom is -0.497 e. The topological polar surface area (TPSA) is 74.7 Å². The highest BCUT2D eigenvalue weighted by atomic mass is 79.9. The number of methoxy groups -OCH3 is 1. The Bertz CT molecular complexity index is 1390. The van der Waals surface area contributed by atoms with E-state index in [0.29, 0.717) is 55.7 Å². The number of ether oxygens (including phenoxy) is 2. The molecule has 0 aliphatic carbocycles. The van der Waals surface area contributed by atoms with Gasteiger partial charge in [0.25, 0.3) is 0 Å². The zero-order valence-corrected chi connectivity index (χ0v) is 25.5. The molecular weight excluding hydrogens is 640 g/mol. The maximum Gasteiger partial charge on any atom is 0.326 e. The van der Waals surface area contributed by atoms with Crippen LogP contribution in [0.1, 0.15) is 35.7 Å². The van der Waals surface area contributed by atoms with Gasteiger partial charge in [-0.25, -0.2) is 4.79 Å². The fraction of sp³-hybridized carbons (Fsp3) is 0.300. The van der Waals surface area contributed by atoms with Crippen molar-refractivity contribution in [1.82, 2.24) is 14.7 Å². The summed E-state index contributed by atoms with van der Waals surface area (Å²) in [7, 11) is 1.61. The summed E-state index contributed by atoms with van der Waals surface area (Å²) in [6.45, 7) is 4.23. The third-order valence-corrected chi connectivity index (χ3v) is 8.22. The summed E-state index contributed by atoms with van der Waals surface area (Å²) in [5, 5.41) is 0. The van der Waals surface area contributed by atoms with Gasteiger partial charge in [0.15, 0.2) is 0 Å². The van der Waals surface area contributed by atoms with E-state index in [2.05, 4.69) is 31.9 Å². The molecule has 40 heavy (non-hydrogen) atoms. The van der Waals surface area contributed by atoms with Crippen LogP contribution in [0.25, 0.3) is 0 Å². The van der Waals surface area contributed by atoms with Crippen molar-refractivity contribution >= 4 is 50.1 Å². The normalized spacial score (nSPS) is 18.9. The Morgan fingerprint density at radius 2 is 1.57 bits per heavy atom. The molecule has 1 fully saturated rings. The van der Waals surface area contributed by atoms with E-state index in [0.717, 1.165) is 26.5 Å². The van der Waals surface area contributed by atoms with Crippen LogP contribution in [-0.2, 0) is 4.79 Å². The van der Waals surface area contributed by atoms with Crippen LogP contribution in [0.2, 0.25) is 0 Å². The lowest BCUT2D eigenvalue weighted by molar-refractivity contribution is -0.119. The van der Waals surface area contributed by atoms with Crippen LogP contribution in [0, 0.1) is 0 Å². The highest BCUT2D eigenvalue weighted by Crippen LogP contribution is 2.45. The average Bonchev–Trinajstić information content (AvgIpc) is 3.38. The number of urea groups is 1. The molecule has 2 unspecified atom stereocenters. The van der Waals surface area contributed by atoms with E-state index in [1.54, 1.807) is 21.8 Å². The van der Waals surface area contributed by atoms with E-state index in [-0.39, 0.29) is 12.1 Å². The van der Waals surface area contributed by atoms with E-state index in [9.17, 15) is 9.59 Å². The number of aliphatic imine (C=N–C) groups is 1. The van der Waals surface area contributed by atoms with Crippen molar-refractivity contribution in [1.29, 1.82) is 0 Å². The van der Waals surface area contributed by atoms with Gasteiger partial charge in [-0.1, -0.05) is 56.1 Å². The molecule has 0 spiro atoms. The highest BCUT2D eigenvalue weighted by molar-refractivity contribution is 9.10. The Morgan fingerprint density at radius 3 is 2.15 bits per heavy atom. The Hall–Kier alpha value is -3.37. The number of amides is 3. The number of nitrogens with zero attached hydrogens (tertiary/aromatic N) is 4. The second-order valence-corrected chi connectivity index (χ2v) is 11.4. The van der Waals surface area contributed by atoms with Crippen molar-refractivity contribution in [2.75, 3.05) is 39.9 Å². The lowest BCUT2D eigenvalue weighted by atomic mass is 9.94. The van der Waals surface area contributed by atoms with Crippen LogP contribution in [0.5, 0.6) is 11.5 Å². The fourth-order valence-corrected chi connectivity index (χ4v) is 5.64. The first-order valence-corrected chi connectivity index (χ1v) is 14.7. The molecule has 2 heterocycles.